The summed E-state index contributed by atoms with van der Waals surface area (Å²) in [5.74, 6) is -1.69. The minimum absolute atomic E-state index is 0.0233. The number of nitrogens with one attached hydrogen (secondary N) is 2. The minimum atomic E-state index is -0.910. The van der Waals surface area contributed by atoms with Crippen LogP contribution in [-0.4, -0.2) is 42.4 Å². The summed E-state index contributed by atoms with van der Waals surface area (Å²) in [4.78, 5) is 25.9. The zero-order valence-electron chi connectivity index (χ0n) is 13.4. The second kappa shape index (κ2) is 7.25. The second-order valence-corrected chi connectivity index (χ2v) is 6.44. The maximum Gasteiger partial charge on any atom is 0.237 e. The van der Waals surface area contributed by atoms with E-state index in [-0.39, 0.29) is 30.3 Å². The van der Waals surface area contributed by atoms with Gasteiger partial charge in [0.25, 0.3) is 0 Å². The van der Waals surface area contributed by atoms with Crippen molar-refractivity contribution in [2.75, 3.05) is 19.6 Å². The fourth-order valence-electron chi connectivity index (χ4n) is 2.89. The fourth-order valence-corrected chi connectivity index (χ4v) is 2.89. The molecule has 1 aliphatic heterocycles. The van der Waals surface area contributed by atoms with E-state index < -0.39 is 17.7 Å². The van der Waals surface area contributed by atoms with Crippen molar-refractivity contribution < 1.29 is 18.4 Å². The molecule has 1 heterocycles. The molecular weight excluding hydrogens is 316 g/mol. The average Bonchev–Trinajstić information content (AvgIpc) is 3.37. The second-order valence-electron chi connectivity index (χ2n) is 6.44. The third kappa shape index (κ3) is 4.08. The smallest absolute Gasteiger partial charge is 0.237 e. The molecule has 2 fully saturated rings. The number of hydrogen-bond donors (Lipinski definition) is 2. The van der Waals surface area contributed by atoms with Gasteiger partial charge in [0.2, 0.25) is 11.8 Å². The number of carbonyl (C=O) groups excluding carboxylic acids is 2. The first-order valence-corrected chi connectivity index (χ1v) is 8.26. The Morgan fingerprint density at radius 2 is 2.12 bits per heavy atom. The zero-order chi connectivity index (χ0) is 17.1. The monoisotopic (exact) mass is 337 g/mol. The summed E-state index contributed by atoms with van der Waals surface area (Å²) in [6, 6.07) is 3.33. The minimum Gasteiger partial charge on any atom is -0.356 e. The summed E-state index contributed by atoms with van der Waals surface area (Å²) < 4.78 is 27.2. The largest absolute Gasteiger partial charge is 0.356 e. The van der Waals surface area contributed by atoms with Gasteiger partial charge in [-0.1, -0.05) is 12.1 Å². The van der Waals surface area contributed by atoms with E-state index in [9.17, 15) is 18.4 Å². The summed E-state index contributed by atoms with van der Waals surface area (Å²) in [5, 5.41) is 5.57. The van der Waals surface area contributed by atoms with Gasteiger partial charge in [0, 0.05) is 31.7 Å². The van der Waals surface area contributed by atoms with Crippen LogP contribution in [0.15, 0.2) is 18.2 Å². The van der Waals surface area contributed by atoms with Crippen LogP contribution in [0.25, 0.3) is 0 Å². The third-order valence-electron chi connectivity index (χ3n) is 4.51. The van der Waals surface area contributed by atoms with Gasteiger partial charge < -0.3 is 10.6 Å². The Bertz CT molecular complexity index is 634. The number of halogens is 2. The molecule has 0 unspecified atom stereocenters. The maximum absolute atomic E-state index is 13.9. The van der Waals surface area contributed by atoms with Gasteiger partial charge in [0.05, 0.1) is 12.5 Å². The van der Waals surface area contributed by atoms with Crippen LogP contribution in [0.1, 0.15) is 24.8 Å². The van der Waals surface area contributed by atoms with Crippen LogP contribution in [0.2, 0.25) is 0 Å². The molecule has 130 valence electrons. The van der Waals surface area contributed by atoms with Gasteiger partial charge >= 0.3 is 0 Å². The normalized spacial score (nSPS) is 21.4. The van der Waals surface area contributed by atoms with E-state index in [2.05, 4.69) is 10.6 Å². The van der Waals surface area contributed by atoms with Gasteiger partial charge in [-0.25, -0.2) is 8.78 Å². The molecular formula is C17H21F2N3O2. The SMILES string of the molecule is O=C(C[C@H]1C(=O)NCCN1Cc1cccc(F)c1F)NCC1CC1. The van der Waals surface area contributed by atoms with E-state index in [1.54, 1.807) is 4.90 Å². The van der Waals surface area contributed by atoms with Crippen molar-refractivity contribution in [1.29, 1.82) is 0 Å². The molecule has 1 saturated carbocycles. The maximum atomic E-state index is 13.9. The molecule has 0 aromatic heterocycles. The molecule has 1 aliphatic carbocycles. The van der Waals surface area contributed by atoms with Crippen molar-refractivity contribution >= 4 is 11.8 Å². The molecule has 2 amide bonds. The van der Waals surface area contributed by atoms with E-state index in [1.165, 1.54) is 12.1 Å². The van der Waals surface area contributed by atoms with Crippen molar-refractivity contribution in [2.45, 2.75) is 31.8 Å². The molecule has 1 aromatic rings. The molecule has 2 aliphatic rings. The predicted octanol–water partition coefficient (Wildman–Crippen LogP) is 1.18. The highest BCUT2D eigenvalue weighted by Crippen LogP contribution is 2.27. The number of hydrogen-bond acceptors (Lipinski definition) is 3. The summed E-state index contributed by atoms with van der Waals surface area (Å²) in [6.07, 6.45) is 2.29. The van der Waals surface area contributed by atoms with Gasteiger partial charge in [-0.05, 0) is 24.8 Å². The van der Waals surface area contributed by atoms with Crippen LogP contribution in [0.5, 0.6) is 0 Å². The quantitative estimate of drug-likeness (QED) is 0.819. The highest BCUT2D eigenvalue weighted by atomic mass is 19.2. The molecule has 0 bridgehead atoms. The third-order valence-corrected chi connectivity index (χ3v) is 4.51. The lowest BCUT2D eigenvalue weighted by molar-refractivity contribution is -0.134. The Morgan fingerprint density at radius 1 is 1.33 bits per heavy atom. The number of amides is 2. The van der Waals surface area contributed by atoms with Crippen LogP contribution in [0.3, 0.4) is 0 Å². The van der Waals surface area contributed by atoms with E-state index >= 15 is 0 Å². The van der Waals surface area contributed by atoms with Crippen LogP contribution in [0, 0.1) is 17.6 Å². The molecule has 0 spiro atoms. The van der Waals surface area contributed by atoms with Crippen LogP contribution < -0.4 is 10.6 Å². The number of rotatable bonds is 6. The zero-order valence-corrected chi connectivity index (χ0v) is 13.4. The molecule has 3 rings (SSSR count). The van der Waals surface area contributed by atoms with Crippen molar-refractivity contribution in [3.05, 3.63) is 35.4 Å². The van der Waals surface area contributed by atoms with Crippen molar-refractivity contribution in [3.63, 3.8) is 0 Å². The molecule has 1 aromatic carbocycles. The van der Waals surface area contributed by atoms with E-state index in [1.807, 2.05) is 0 Å². The standard InChI is InChI=1S/C17H21F2N3O2/c18-13-3-1-2-12(16(13)19)10-22-7-6-20-17(24)14(22)8-15(23)21-9-11-4-5-11/h1-3,11,14H,4-10H2,(H,20,24)(H,21,23)/t14-/m0/s1. The van der Waals surface area contributed by atoms with Crippen LogP contribution >= 0.6 is 0 Å². The van der Waals surface area contributed by atoms with E-state index in [0.717, 1.165) is 18.9 Å². The Labute approximate surface area is 139 Å². The van der Waals surface area contributed by atoms with Crippen molar-refractivity contribution in [2.24, 2.45) is 5.92 Å². The Kier molecular flexibility index (Phi) is 5.08. The lowest BCUT2D eigenvalue weighted by Crippen LogP contribution is -2.56. The highest BCUT2D eigenvalue weighted by molar-refractivity contribution is 5.88. The first kappa shape index (κ1) is 16.8. The molecule has 7 heteroatoms. The fraction of sp³-hybridized carbons (Fsp3) is 0.529. The predicted molar refractivity (Wildman–Crippen MR) is 83.9 cm³/mol. The molecule has 24 heavy (non-hydrogen) atoms. The first-order valence-electron chi connectivity index (χ1n) is 8.26. The van der Waals surface area contributed by atoms with Crippen molar-refractivity contribution in [1.82, 2.24) is 15.5 Å². The molecule has 0 radical (unpaired) electrons. The van der Waals surface area contributed by atoms with Gasteiger partial charge in [-0.15, -0.1) is 0 Å². The lowest BCUT2D eigenvalue weighted by atomic mass is 10.1. The summed E-state index contributed by atoms with van der Waals surface area (Å²) in [6.45, 7) is 1.65. The van der Waals surface area contributed by atoms with E-state index in [4.69, 9.17) is 0 Å². The summed E-state index contributed by atoms with van der Waals surface area (Å²) >= 11 is 0. The van der Waals surface area contributed by atoms with Gasteiger partial charge in [-0.2, -0.15) is 0 Å². The van der Waals surface area contributed by atoms with Crippen LogP contribution in [-0.2, 0) is 16.1 Å². The molecule has 5 nitrogen and oxygen atoms in total. The van der Waals surface area contributed by atoms with E-state index in [0.29, 0.717) is 25.6 Å². The molecule has 1 atom stereocenters. The Morgan fingerprint density at radius 3 is 2.88 bits per heavy atom. The summed E-state index contributed by atoms with van der Waals surface area (Å²) in [7, 11) is 0. The first-order chi connectivity index (χ1) is 11.5. The number of carbonyl (C=O) groups is 2. The average molecular weight is 337 g/mol. The molecule has 2 N–H and O–H groups in total. The van der Waals surface area contributed by atoms with Gasteiger partial charge in [-0.3, -0.25) is 14.5 Å². The highest BCUT2D eigenvalue weighted by Gasteiger charge is 2.32. The van der Waals surface area contributed by atoms with Gasteiger partial charge in [0.15, 0.2) is 11.6 Å². The van der Waals surface area contributed by atoms with Crippen molar-refractivity contribution in [3.8, 4) is 0 Å². The molecule has 1 saturated heterocycles. The number of benzene rings is 1. The summed E-state index contributed by atoms with van der Waals surface area (Å²) in [5.41, 5.74) is 0.188. The Hall–Kier alpha value is -2.02. The number of piperazine rings is 1. The Balaban J connectivity index is 1.65. The number of nitrogens with zero attached hydrogens (tertiary/aromatic N) is 1. The van der Waals surface area contributed by atoms with Crippen LogP contribution in [0.4, 0.5) is 8.78 Å². The topological polar surface area (TPSA) is 61.4 Å². The lowest BCUT2D eigenvalue weighted by Gasteiger charge is -2.34. The van der Waals surface area contributed by atoms with Gasteiger partial charge in [0.1, 0.15) is 0 Å².